The van der Waals surface area contributed by atoms with Crippen molar-refractivity contribution in [3.63, 3.8) is 0 Å². The van der Waals surface area contributed by atoms with E-state index in [-0.39, 0.29) is 0 Å². The van der Waals surface area contributed by atoms with Crippen LogP contribution in [-0.4, -0.2) is 13.7 Å². The average molecular weight is 754 g/mol. The van der Waals surface area contributed by atoms with Crippen LogP contribution < -0.4 is 0 Å². The van der Waals surface area contributed by atoms with Crippen LogP contribution in [0.2, 0.25) is 0 Å². The van der Waals surface area contributed by atoms with E-state index in [4.69, 9.17) is 8.83 Å². The molecule has 274 valence electrons. The van der Waals surface area contributed by atoms with Crippen LogP contribution in [0.3, 0.4) is 0 Å². The predicted molar refractivity (Wildman–Crippen MR) is 244 cm³/mol. The van der Waals surface area contributed by atoms with Crippen LogP contribution in [0, 0.1) is 0 Å². The van der Waals surface area contributed by atoms with Crippen molar-refractivity contribution >= 4 is 109 Å². The van der Waals surface area contributed by atoms with Crippen molar-refractivity contribution < 1.29 is 8.83 Å². The lowest BCUT2D eigenvalue weighted by atomic mass is 10.1. The lowest BCUT2D eigenvalue weighted by molar-refractivity contribution is 0.668. The van der Waals surface area contributed by atoms with Crippen molar-refractivity contribution in [1.29, 1.82) is 0 Å². The van der Waals surface area contributed by atoms with Crippen molar-refractivity contribution in [3.05, 3.63) is 188 Å². The highest BCUT2D eigenvalue weighted by molar-refractivity contribution is 6.20. The fourth-order valence-corrected chi connectivity index (χ4v) is 10.1. The van der Waals surface area contributed by atoms with E-state index in [9.17, 15) is 0 Å². The van der Waals surface area contributed by atoms with Gasteiger partial charge < -0.3 is 22.5 Å². The first-order chi connectivity index (χ1) is 29.2. The molecule has 0 spiro atoms. The maximum absolute atomic E-state index is 6.31. The number of hydrogen-bond donors (Lipinski definition) is 0. The average Bonchev–Trinajstić information content (AvgIpc) is 4.09. The molecule has 0 saturated carbocycles. The second-order valence-electron chi connectivity index (χ2n) is 15.7. The molecule has 14 aromatic rings. The minimum Gasteiger partial charge on any atom is -0.456 e. The van der Waals surface area contributed by atoms with Gasteiger partial charge in [0.15, 0.2) is 0 Å². The van der Waals surface area contributed by atoms with Gasteiger partial charge in [0.1, 0.15) is 22.3 Å². The molecule has 5 nitrogen and oxygen atoms in total. The molecule has 0 amide bonds. The molecular weight excluding hydrogens is 723 g/mol. The molecule has 14 rings (SSSR count). The summed E-state index contributed by atoms with van der Waals surface area (Å²) in [5, 5.41) is 11.8. The first kappa shape index (κ1) is 31.1. The number of fused-ring (bicyclic) bond motifs is 15. The molecule has 0 bridgehead atoms. The molecule has 0 fully saturated rings. The Bertz CT molecular complexity index is 4040. The Balaban J connectivity index is 1.11. The molecule has 59 heavy (non-hydrogen) atoms. The summed E-state index contributed by atoms with van der Waals surface area (Å²) in [6, 6.07) is 67.8. The Morgan fingerprint density at radius 2 is 0.559 bits per heavy atom. The first-order valence-corrected chi connectivity index (χ1v) is 20.1. The normalized spacial score (nSPS) is 12.4. The van der Waals surface area contributed by atoms with Gasteiger partial charge in [-0.1, -0.05) is 91.0 Å². The highest BCUT2D eigenvalue weighted by Gasteiger charge is 2.21. The van der Waals surface area contributed by atoms with E-state index in [2.05, 4.69) is 177 Å². The summed E-state index contributed by atoms with van der Waals surface area (Å²) in [5.41, 5.74) is 13.9. The second kappa shape index (κ2) is 11.3. The van der Waals surface area contributed by atoms with Gasteiger partial charge in [0.2, 0.25) is 0 Å². The Kier molecular flexibility index (Phi) is 5.96. The summed E-state index contributed by atoms with van der Waals surface area (Å²) in [4.78, 5) is 0. The maximum atomic E-state index is 6.31. The third kappa shape index (κ3) is 4.18. The summed E-state index contributed by atoms with van der Waals surface area (Å²) < 4.78 is 19.9. The van der Waals surface area contributed by atoms with E-state index in [1.165, 1.54) is 43.4 Å². The predicted octanol–water partition coefficient (Wildman–Crippen LogP) is 14.8. The van der Waals surface area contributed by atoms with Gasteiger partial charge in [-0.3, -0.25) is 0 Å². The minimum atomic E-state index is 0.883. The topological polar surface area (TPSA) is 41.1 Å². The summed E-state index contributed by atoms with van der Waals surface area (Å²) in [6.07, 6.45) is 0. The third-order valence-corrected chi connectivity index (χ3v) is 12.6. The van der Waals surface area contributed by atoms with Crippen LogP contribution in [0.25, 0.3) is 126 Å². The molecule has 0 aliphatic rings. The van der Waals surface area contributed by atoms with Crippen LogP contribution in [0.5, 0.6) is 0 Å². The van der Waals surface area contributed by atoms with Gasteiger partial charge in [-0.15, -0.1) is 0 Å². The van der Waals surface area contributed by atoms with Crippen molar-refractivity contribution in [1.82, 2.24) is 13.7 Å². The van der Waals surface area contributed by atoms with Gasteiger partial charge in [0.05, 0.1) is 33.1 Å². The molecule has 0 atom stereocenters. The number of hydrogen-bond acceptors (Lipinski definition) is 2. The Labute approximate surface area is 335 Å². The number of nitrogens with zero attached hydrogens (tertiary/aromatic N) is 3. The molecule has 5 heteroatoms. The fourth-order valence-electron chi connectivity index (χ4n) is 10.1. The number of benzene rings is 9. The number of para-hydroxylation sites is 5. The van der Waals surface area contributed by atoms with Gasteiger partial charge in [-0.05, 0) is 97.1 Å². The molecule has 0 N–H and O–H groups in total. The fraction of sp³-hybridized carbons (Fsp3) is 0. The summed E-state index contributed by atoms with van der Waals surface area (Å²) in [5.74, 6) is 0. The second-order valence-corrected chi connectivity index (χ2v) is 15.7. The zero-order valence-electron chi connectivity index (χ0n) is 31.6. The SMILES string of the molecule is c1ccc2c(c1)oc1ccc(-n3c4ccccc4c4cc5c6cc(-n7c8ccccc8c8ccccc87)ccc6n(-c6ccc7oc8ccccc8c7c6)c5cc43)cc12. The largest absolute Gasteiger partial charge is 0.456 e. The zero-order valence-corrected chi connectivity index (χ0v) is 31.6. The van der Waals surface area contributed by atoms with E-state index in [1.807, 2.05) is 24.3 Å². The van der Waals surface area contributed by atoms with E-state index in [0.717, 1.165) is 83.0 Å². The number of furan rings is 2. The van der Waals surface area contributed by atoms with E-state index in [0.29, 0.717) is 0 Å². The Morgan fingerprint density at radius 3 is 1.08 bits per heavy atom. The van der Waals surface area contributed by atoms with Crippen LogP contribution in [0.4, 0.5) is 0 Å². The molecule has 0 saturated heterocycles. The molecule has 0 aliphatic heterocycles. The number of rotatable bonds is 3. The lowest BCUT2D eigenvalue weighted by Crippen LogP contribution is -1.96. The van der Waals surface area contributed by atoms with E-state index < -0.39 is 0 Å². The quantitative estimate of drug-likeness (QED) is 0.180. The molecular formula is C54H31N3O2. The van der Waals surface area contributed by atoms with Crippen molar-refractivity contribution in [2.24, 2.45) is 0 Å². The first-order valence-electron chi connectivity index (χ1n) is 20.1. The van der Waals surface area contributed by atoms with Gasteiger partial charge >= 0.3 is 0 Å². The molecule has 5 aromatic heterocycles. The highest BCUT2D eigenvalue weighted by atomic mass is 16.3. The van der Waals surface area contributed by atoms with Crippen LogP contribution in [0.15, 0.2) is 197 Å². The van der Waals surface area contributed by atoms with Crippen LogP contribution in [-0.2, 0) is 0 Å². The monoisotopic (exact) mass is 753 g/mol. The molecule has 5 heterocycles. The minimum absolute atomic E-state index is 0.883. The molecule has 0 radical (unpaired) electrons. The van der Waals surface area contributed by atoms with Gasteiger partial charge in [0, 0.05) is 70.9 Å². The molecule has 0 unspecified atom stereocenters. The van der Waals surface area contributed by atoms with Crippen LogP contribution in [0.1, 0.15) is 0 Å². The Hall–Kier alpha value is -8.02. The number of aromatic nitrogens is 3. The third-order valence-electron chi connectivity index (χ3n) is 12.6. The molecule has 9 aromatic carbocycles. The maximum Gasteiger partial charge on any atom is 0.135 e. The highest BCUT2D eigenvalue weighted by Crippen LogP contribution is 2.43. The van der Waals surface area contributed by atoms with Crippen LogP contribution >= 0.6 is 0 Å². The van der Waals surface area contributed by atoms with Gasteiger partial charge in [-0.2, -0.15) is 0 Å². The summed E-state index contributed by atoms with van der Waals surface area (Å²) in [7, 11) is 0. The Morgan fingerprint density at radius 1 is 0.220 bits per heavy atom. The zero-order chi connectivity index (χ0) is 38.3. The summed E-state index contributed by atoms with van der Waals surface area (Å²) in [6.45, 7) is 0. The van der Waals surface area contributed by atoms with Gasteiger partial charge in [0.25, 0.3) is 0 Å². The summed E-state index contributed by atoms with van der Waals surface area (Å²) >= 11 is 0. The standard InChI is InChI=1S/C54H31N3O2/c1-6-16-45-35(11-1)36-12-2-7-17-46(36)55(45)32-21-24-48-40(27-32)42-30-41-37-13-3-8-18-47(37)56(33-22-25-53-43(28-33)38-14-4-9-19-51(38)58-53)49(41)31-50(42)57(48)34-23-26-54-44(29-34)39-15-5-10-20-52(39)59-54/h1-31H. The van der Waals surface area contributed by atoms with Crippen molar-refractivity contribution in [2.75, 3.05) is 0 Å². The van der Waals surface area contributed by atoms with Crippen molar-refractivity contribution in [2.45, 2.75) is 0 Å². The molecule has 0 aliphatic carbocycles. The van der Waals surface area contributed by atoms with Crippen molar-refractivity contribution in [3.8, 4) is 17.1 Å². The van der Waals surface area contributed by atoms with E-state index >= 15 is 0 Å². The van der Waals surface area contributed by atoms with E-state index in [1.54, 1.807) is 0 Å². The lowest BCUT2D eigenvalue weighted by Gasteiger charge is -2.11. The van der Waals surface area contributed by atoms with Gasteiger partial charge in [-0.25, -0.2) is 0 Å². The smallest absolute Gasteiger partial charge is 0.135 e.